The van der Waals surface area contributed by atoms with Crippen molar-refractivity contribution in [2.24, 2.45) is 11.7 Å². The average molecular weight is 572 g/mol. The summed E-state index contributed by atoms with van der Waals surface area (Å²) in [7, 11) is 0. The summed E-state index contributed by atoms with van der Waals surface area (Å²) in [4.78, 5) is 21.4. The van der Waals surface area contributed by atoms with E-state index in [1.807, 2.05) is 6.92 Å². The number of hydrogen-bond donors (Lipinski definition) is 4. The van der Waals surface area contributed by atoms with E-state index in [1.165, 1.54) is 6.20 Å². The Bertz CT molecular complexity index is 1400. The van der Waals surface area contributed by atoms with Crippen LogP contribution in [0.1, 0.15) is 54.6 Å². The van der Waals surface area contributed by atoms with Gasteiger partial charge in [0.15, 0.2) is 11.5 Å². The Hall–Kier alpha value is -3.74. The lowest BCUT2D eigenvalue weighted by Crippen LogP contribution is -2.44. The van der Waals surface area contributed by atoms with E-state index in [2.05, 4.69) is 15.3 Å². The van der Waals surface area contributed by atoms with Crippen molar-refractivity contribution >= 4 is 17.3 Å². The van der Waals surface area contributed by atoms with Crippen LogP contribution in [0.3, 0.4) is 0 Å². The maximum atomic E-state index is 15.1. The molecular weight excluding hydrogens is 539 g/mol. The van der Waals surface area contributed by atoms with Gasteiger partial charge in [-0.05, 0) is 36.3 Å². The number of carbonyl (C=O) groups is 1. The molecule has 1 saturated carbocycles. The van der Waals surface area contributed by atoms with E-state index < -0.39 is 52.5 Å². The summed E-state index contributed by atoms with van der Waals surface area (Å²) in [6.07, 6.45) is 4.42. The minimum absolute atomic E-state index is 0.0437. The summed E-state index contributed by atoms with van der Waals surface area (Å²) in [5, 5.41) is 13.0. The van der Waals surface area contributed by atoms with Gasteiger partial charge in [-0.3, -0.25) is 9.78 Å². The first-order valence-electron chi connectivity index (χ1n) is 13.5. The number of nitrogen functional groups attached to an aromatic ring is 1. The lowest BCUT2D eigenvalue weighted by atomic mass is 9.74. The molecule has 0 radical (unpaired) electrons. The lowest BCUT2D eigenvalue weighted by Gasteiger charge is -2.36. The molecule has 2 aliphatic rings. The minimum Gasteiger partial charge on any atom is -0.490 e. The van der Waals surface area contributed by atoms with E-state index in [1.54, 1.807) is 12.3 Å². The molecule has 6 N–H and O–H groups in total. The molecular formula is C29H32F3N5O4. The maximum Gasteiger partial charge on any atom is 0.276 e. The number of halogens is 3. The minimum atomic E-state index is -1.10. The Morgan fingerprint density at radius 3 is 2.51 bits per heavy atom. The fourth-order valence-corrected chi connectivity index (χ4v) is 5.57. The molecule has 2 aromatic heterocycles. The molecule has 1 amide bonds. The van der Waals surface area contributed by atoms with Crippen LogP contribution in [0.5, 0.6) is 5.75 Å². The van der Waals surface area contributed by atoms with E-state index in [0.29, 0.717) is 44.6 Å². The Morgan fingerprint density at radius 2 is 1.83 bits per heavy atom. The maximum absolute atomic E-state index is 15.1. The fraction of sp³-hybridized carbons (Fsp3) is 0.414. The Labute approximate surface area is 235 Å². The largest absolute Gasteiger partial charge is 0.490 e. The van der Waals surface area contributed by atoms with Crippen molar-refractivity contribution < 1.29 is 32.5 Å². The normalized spacial score (nSPS) is 23.3. The summed E-state index contributed by atoms with van der Waals surface area (Å²) in [6.45, 7) is 2.87. The molecule has 4 atom stereocenters. The highest BCUT2D eigenvalue weighted by Gasteiger charge is 2.34. The van der Waals surface area contributed by atoms with Crippen molar-refractivity contribution in [2.45, 2.75) is 56.8 Å². The van der Waals surface area contributed by atoms with Crippen LogP contribution in [0.25, 0.3) is 11.3 Å². The molecule has 1 aliphatic heterocycles. The summed E-state index contributed by atoms with van der Waals surface area (Å²) in [5.41, 5.74) is 11.0. The number of anilines is 2. The summed E-state index contributed by atoms with van der Waals surface area (Å²) >= 11 is 0. The molecule has 0 bridgehead atoms. The molecule has 3 aromatic rings. The van der Waals surface area contributed by atoms with Gasteiger partial charge < -0.3 is 31.4 Å². The van der Waals surface area contributed by atoms with Gasteiger partial charge in [-0.1, -0.05) is 6.92 Å². The monoisotopic (exact) mass is 571 g/mol. The van der Waals surface area contributed by atoms with Crippen molar-refractivity contribution in [1.29, 1.82) is 0 Å². The number of nitrogens with zero attached hydrogens (tertiary/aromatic N) is 2. The number of carbonyl (C=O) groups excluding carboxylic acids is 1. The van der Waals surface area contributed by atoms with Gasteiger partial charge in [0.2, 0.25) is 0 Å². The zero-order valence-corrected chi connectivity index (χ0v) is 22.4. The molecule has 1 aliphatic carbocycles. The molecule has 2 fully saturated rings. The second kappa shape index (κ2) is 12.0. The summed E-state index contributed by atoms with van der Waals surface area (Å²) in [6, 6.07) is 4.03. The van der Waals surface area contributed by atoms with Crippen molar-refractivity contribution in [2.75, 3.05) is 24.3 Å². The van der Waals surface area contributed by atoms with Gasteiger partial charge in [0.05, 0.1) is 42.5 Å². The average Bonchev–Trinajstić information content (AvgIpc) is 2.93. The molecule has 3 heterocycles. The van der Waals surface area contributed by atoms with E-state index in [-0.39, 0.29) is 29.4 Å². The third kappa shape index (κ3) is 6.14. The zero-order chi connectivity index (χ0) is 29.3. The van der Waals surface area contributed by atoms with Gasteiger partial charge in [-0.25, -0.2) is 18.2 Å². The van der Waals surface area contributed by atoms with Crippen molar-refractivity contribution in [3.63, 3.8) is 0 Å². The zero-order valence-electron chi connectivity index (χ0n) is 22.4. The predicted octanol–water partition coefficient (Wildman–Crippen LogP) is 4.15. The van der Waals surface area contributed by atoms with Crippen LogP contribution < -0.4 is 21.5 Å². The number of aliphatic hydroxyl groups is 1. The number of nitrogens with one attached hydrogen (secondary N) is 1. The van der Waals surface area contributed by atoms with Gasteiger partial charge in [0, 0.05) is 43.3 Å². The number of pyridine rings is 2. The number of aromatic nitrogens is 2. The third-order valence-corrected chi connectivity index (χ3v) is 7.72. The molecule has 12 heteroatoms. The van der Waals surface area contributed by atoms with Crippen molar-refractivity contribution in [3.8, 4) is 17.0 Å². The molecule has 0 spiro atoms. The molecule has 5 rings (SSSR count). The first kappa shape index (κ1) is 28.8. The number of nitrogens with two attached hydrogens (primary N) is 2. The highest BCUT2D eigenvalue weighted by Crippen LogP contribution is 2.39. The number of ether oxygens (including phenoxy) is 2. The van der Waals surface area contributed by atoms with Crippen LogP contribution >= 0.6 is 0 Å². The SMILES string of the molecule is C[C@H]1C[C@@H](c2ccncc2NC(=O)c2nc(-c3c(F)cc(OC4CCOCC4)cc3F)c(F)cc2N)C[C@@H](N)[C@@H]1O. The first-order valence-corrected chi connectivity index (χ1v) is 13.5. The Balaban J connectivity index is 1.42. The molecule has 1 saturated heterocycles. The van der Waals surface area contributed by atoms with Gasteiger partial charge in [-0.15, -0.1) is 0 Å². The number of benzene rings is 1. The third-order valence-electron chi connectivity index (χ3n) is 7.72. The number of rotatable bonds is 6. The lowest BCUT2D eigenvalue weighted by molar-refractivity contribution is 0.0253. The van der Waals surface area contributed by atoms with Crippen LogP contribution in [0.4, 0.5) is 24.5 Å². The molecule has 41 heavy (non-hydrogen) atoms. The second-order valence-electron chi connectivity index (χ2n) is 10.7. The second-order valence-corrected chi connectivity index (χ2v) is 10.7. The van der Waals surface area contributed by atoms with Crippen LogP contribution in [-0.2, 0) is 4.74 Å². The predicted molar refractivity (Wildman–Crippen MR) is 146 cm³/mol. The highest BCUT2D eigenvalue weighted by atomic mass is 19.1. The van der Waals surface area contributed by atoms with E-state index >= 15 is 8.78 Å². The van der Waals surface area contributed by atoms with Gasteiger partial charge in [-0.2, -0.15) is 0 Å². The van der Waals surface area contributed by atoms with Crippen LogP contribution in [0, 0.1) is 23.4 Å². The molecule has 218 valence electrons. The molecule has 1 aromatic carbocycles. The summed E-state index contributed by atoms with van der Waals surface area (Å²) in [5.74, 6) is -4.29. The summed E-state index contributed by atoms with van der Waals surface area (Å²) < 4.78 is 56.2. The first-order chi connectivity index (χ1) is 19.6. The van der Waals surface area contributed by atoms with Crippen LogP contribution in [-0.4, -0.2) is 52.4 Å². The Morgan fingerprint density at radius 1 is 1.12 bits per heavy atom. The van der Waals surface area contributed by atoms with Crippen molar-refractivity contribution in [1.82, 2.24) is 9.97 Å². The van der Waals surface area contributed by atoms with Crippen LogP contribution in [0.2, 0.25) is 0 Å². The van der Waals surface area contributed by atoms with Gasteiger partial charge >= 0.3 is 0 Å². The quantitative estimate of drug-likeness (QED) is 0.345. The van der Waals surface area contributed by atoms with Crippen LogP contribution in [0.15, 0.2) is 36.7 Å². The number of amides is 1. The van der Waals surface area contributed by atoms with E-state index in [9.17, 15) is 14.3 Å². The van der Waals surface area contributed by atoms with Gasteiger partial charge in [0.25, 0.3) is 5.91 Å². The molecule has 9 nitrogen and oxygen atoms in total. The number of hydrogen-bond acceptors (Lipinski definition) is 8. The fourth-order valence-electron chi connectivity index (χ4n) is 5.57. The Kier molecular flexibility index (Phi) is 8.43. The smallest absolute Gasteiger partial charge is 0.276 e. The molecule has 0 unspecified atom stereocenters. The van der Waals surface area contributed by atoms with Gasteiger partial charge in [0.1, 0.15) is 29.2 Å². The highest BCUT2D eigenvalue weighted by molar-refractivity contribution is 6.07. The number of aliphatic hydroxyl groups excluding tert-OH is 1. The van der Waals surface area contributed by atoms with E-state index in [4.69, 9.17) is 20.9 Å². The van der Waals surface area contributed by atoms with Crippen molar-refractivity contribution in [3.05, 3.63) is 65.4 Å². The van der Waals surface area contributed by atoms with E-state index in [0.717, 1.165) is 23.8 Å². The topological polar surface area (TPSA) is 146 Å². The standard InChI is InChI=1S/C29H32F3N5O4/c1-14-8-15(9-23(34)28(14)38)18-2-5-35-13-24(18)36-29(39)27-22(33)12-21(32)26(37-27)25-19(30)10-17(11-20(25)31)41-16-3-6-40-7-4-16/h2,5,10-16,23,28,38H,3-4,6-9,33-34H2,1H3,(H,36,39)/t14-,15+,23+,28+/m0/s1.